The summed E-state index contributed by atoms with van der Waals surface area (Å²) in [6.07, 6.45) is 1.80. The van der Waals surface area contributed by atoms with E-state index in [1.807, 2.05) is 35.7 Å². The van der Waals surface area contributed by atoms with Crippen molar-refractivity contribution in [3.63, 3.8) is 0 Å². The monoisotopic (exact) mass is 451 g/mol. The molecular formula is C25H21N7S. The van der Waals surface area contributed by atoms with Crippen LogP contribution in [-0.2, 0) is 0 Å². The number of imidazole rings is 1. The van der Waals surface area contributed by atoms with Gasteiger partial charge < -0.3 is 10.3 Å². The predicted molar refractivity (Wildman–Crippen MR) is 134 cm³/mol. The molecule has 5 heterocycles. The third kappa shape index (κ3) is 3.54. The van der Waals surface area contributed by atoms with Gasteiger partial charge in [-0.05, 0) is 55.6 Å². The highest BCUT2D eigenvalue weighted by Crippen LogP contribution is 2.32. The van der Waals surface area contributed by atoms with Crippen LogP contribution in [0.25, 0.3) is 55.4 Å². The predicted octanol–water partition coefficient (Wildman–Crippen LogP) is 6.11. The molecule has 0 aliphatic heterocycles. The minimum absolute atomic E-state index is 0.359. The lowest BCUT2D eigenvalue weighted by atomic mass is 10.1. The van der Waals surface area contributed by atoms with E-state index in [4.69, 9.17) is 9.97 Å². The summed E-state index contributed by atoms with van der Waals surface area (Å²) < 4.78 is 0. The number of rotatable bonds is 5. The summed E-state index contributed by atoms with van der Waals surface area (Å²) in [6.45, 7) is 4.25. The Hall–Kier alpha value is -4.04. The highest BCUT2D eigenvalue weighted by molar-refractivity contribution is 7.13. The Kier molecular flexibility index (Phi) is 4.66. The van der Waals surface area contributed by atoms with Crippen molar-refractivity contribution in [2.45, 2.75) is 19.9 Å². The Balaban J connectivity index is 1.45. The molecule has 1 aromatic carbocycles. The van der Waals surface area contributed by atoms with Crippen molar-refractivity contribution in [2.75, 3.05) is 5.32 Å². The van der Waals surface area contributed by atoms with Crippen molar-refractivity contribution in [1.82, 2.24) is 30.1 Å². The van der Waals surface area contributed by atoms with Crippen molar-refractivity contribution >= 4 is 39.1 Å². The van der Waals surface area contributed by atoms with E-state index in [1.54, 1.807) is 17.5 Å². The highest BCUT2D eigenvalue weighted by atomic mass is 32.1. The molecule has 6 rings (SSSR count). The zero-order chi connectivity index (χ0) is 22.4. The normalized spacial score (nSPS) is 11.6. The number of anilines is 1. The van der Waals surface area contributed by atoms with Crippen LogP contribution in [0.5, 0.6) is 0 Å². The summed E-state index contributed by atoms with van der Waals surface area (Å²) in [6, 6.07) is 18.7. The van der Waals surface area contributed by atoms with Crippen LogP contribution in [0.15, 0.2) is 66.2 Å². The van der Waals surface area contributed by atoms with Crippen LogP contribution in [0, 0.1) is 0 Å². The van der Waals surface area contributed by atoms with Gasteiger partial charge in [0.2, 0.25) is 0 Å². The van der Waals surface area contributed by atoms with E-state index in [0.29, 0.717) is 17.6 Å². The number of nitrogens with zero attached hydrogens (tertiary/aromatic N) is 4. The largest absolute Gasteiger partial charge is 0.383 e. The Morgan fingerprint density at radius 2 is 1.82 bits per heavy atom. The number of benzene rings is 1. The first kappa shape index (κ1) is 19.6. The molecule has 0 radical (unpaired) electrons. The number of thiophene rings is 1. The second kappa shape index (κ2) is 7.83. The number of H-pyrrole nitrogens is 2. The molecule has 0 atom stereocenters. The lowest BCUT2D eigenvalue weighted by Gasteiger charge is -2.11. The maximum Gasteiger partial charge on any atom is 0.161 e. The summed E-state index contributed by atoms with van der Waals surface area (Å²) in [4.78, 5) is 18.9. The van der Waals surface area contributed by atoms with Crippen LogP contribution >= 0.6 is 11.3 Å². The molecule has 0 spiro atoms. The van der Waals surface area contributed by atoms with E-state index in [0.717, 1.165) is 49.6 Å². The van der Waals surface area contributed by atoms with Crippen LogP contribution in [0.3, 0.4) is 0 Å². The molecule has 0 saturated carbocycles. The number of hydrogen-bond acceptors (Lipinski definition) is 6. The van der Waals surface area contributed by atoms with Crippen LogP contribution in [-0.4, -0.2) is 36.2 Å². The molecule has 5 aromatic heterocycles. The van der Waals surface area contributed by atoms with Crippen molar-refractivity contribution in [3.05, 3.63) is 66.2 Å². The van der Waals surface area contributed by atoms with E-state index in [2.05, 4.69) is 63.6 Å². The first-order valence-electron chi connectivity index (χ1n) is 10.8. The Bertz CT molecular complexity index is 1580. The second-order valence-electron chi connectivity index (χ2n) is 8.16. The van der Waals surface area contributed by atoms with Crippen molar-refractivity contribution in [2.24, 2.45) is 0 Å². The molecule has 162 valence electrons. The van der Waals surface area contributed by atoms with Gasteiger partial charge in [0.1, 0.15) is 16.7 Å². The van der Waals surface area contributed by atoms with Crippen LogP contribution < -0.4 is 5.32 Å². The minimum Gasteiger partial charge on any atom is -0.383 e. The summed E-state index contributed by atoms with van der Waals surface area (Å²) in [7, 11) is 0. The van der Waals surface area contributed by atoms with Gasteiger partial charge in [-0.3, -0.25) is 10.1 Å². The fourth-order valence-electron chi connectivity index (χ4n) is 3.97. The first-order valence-corrected chi connectivity index (χ1v) is 11.6. The van der Waals surface area contributed by atoms with Gasteiger partial charge in [-0.2, -0.15) is 5.10 Å². The zero-order valence-corrected chi connectivity index (χ0v) is 18.9. The highest BCUT2D eigenvalue weighted by Gasteiger charge is 2.17. The topological polar surface area (TPSA) is 95.2 Å². The smallest absolute Gasteiger partial charge is 0.161 e. The molecule has 0 fully saturated rings. The molecule has 8 heteroatoms. The van der Waals surface area contributed by atoms with Gasteiger partial charge in [-0.1, -0.05) is 18.2 Å². The van der Waals surface area contributed by atoms with E-state index in [1.165, 1.54) is 0 Å². The summed E-state index contributed by atoms with van der Waals surface area (Å²) in [5.41, 5.74) is 7.95. The minimum atomic E-state index is 0.359. The maximum atomic E-state index is 4.95. The fourth-order valence-corrected chi connectivity index (χ4v) is 4.69. The first-order chi connectivity index (χ1) is 16.2. The Morgan fingerprint density at radius 3 is 2.67 bits per heavy atom. The molecule has 0 aliphatic rings. The van der Waals surface area contributed by atoms with Gasteiger partial charge in [-0.25, -0.2) is 9.97 Å². The summed E-state index contributed by atoms with van der Waals surface area (Å²) >= 11 is 1.65. The zero-order valence-electron chi connectivity index (χ0n) is 18.1. The average molecular weight is 452 g/mol. The van der Waals surface area contributed by atoms with Gasteiger partial charge in [0.25, 0.3) is 0 Å². The number of nitrogens with one attached hydrogen (secondary N) is 3. The van der Waals surface area contributed by atoms with E-state index in [9.17, 15) is 0 Å². The van der Waals surface area contributed by atoms with Gasteiger partial charge in [0, 0.05) is 23.5 Å². The summed E-state index contributed by atoms with van der Waals surface area (Å²) in [5, 5.41) is 13.1. The fraction of sp³-hybridized carbons (Fsp3) is 0.120. The molecule has 6 aromatic rings. The molecule has 0 bridgehead atoms. The van der Waals surface area contributed by atoms with Crippen LogP contribution in [0.2, 0.25) is 0 Å². The molecule has 33 heavy (non-hydrogen) atoms. The number of aromatic nitrogens is 6. The number of fused-ring (bicyclic) bond motifs is 2. The third-order valence-corrected chi connectivity index (χ3v) is 6.28. The van der Waals surface area contributed by atoms with Crippen LogP contribution in [0.1, 0.15) is 13.8 Å². The molecule has 0 saturated heterocycles. The van der Waals surface area contributed by atoms with Gasteiger partial charge in [0.05, 0.1) is 21.6 Å². The lowest BCUT2D eigenvalue weighted by molar-refractivity contribution is 0.900. The lowest BCUT2D eigenvalue weighted by Crippen LogP contribution is -2.09. The molecule has 0 unspecified atom stereocenters. The third-order valence-electron chi connectivity index (χ3n) is 5.40. The van der Waals surface area contributed by atoms with Gasteiger partial charge in [0.15, 0.2) is 11.5 Å². The van der Waals surface area contributed by atoms with E-state index < -0.39 is 0 Å². The second-order valence-corrected chi connectivity index (χ2v) is 9.11. The molecule has 0 aliphatic carbocycles. The molecule has 7 nitrogen and oxygen atoms in total. The van der Waals surface area contributed by atoms with Crippen molar-refractivity contribution in [1.29, 1.82) is 0 Å². The molecule has 3 N–H and O–H groups in total. The maximum absolute atomic E-state index is 4.95. The van der Waals surface area contributed by atoms with Crippen molar-refractivity contribution < 1.29 is 0 Å². The van der Waals surface area contributed by atoms with Crippen molar-refractivity contribution in [3.8, 4) is 33.3 Å². The molecular weight excluding hydrogens is 430 g/mol. The average Bonchev–Trinajstić information content (AvgIpc) is 3.57. The SMILES string of the molecule is CC(C)Nc1cccc(-c2ccc3[nH]nc(-c4nc5c(-c6cccs6)nccc5[nH]4)c3n2)c1. The van der Waals surface area contributed by atoms with Gasteiger partial charge in [-0.15, -0.1) is 11.3 Å². The Labute approximate surface area is 194 Å². The molecule has 0 amide bonds. The van der Waals surface area contributed by atoms with Crippen LogP contribution in [0.4, 0.5) is 5.69 Å². The summed E-state index contributed by atoms with van der Waals surface area (Å²) in [5.74, 6) is 0.668. The number of pyridine rings is 2. The quantitative estimate of drug-likeness (QED) is 0.294. The van der Waals surface area contributed by atoms with E-state index >= 15 is 0 Å². The van der Waals surface area contributed by atoms with Gasteiger partial charge >= 0.3 is 0 Å². The standard InChI is InChI=1S/C25H21N7S/c1-14(2)27-16-6-3-5-15(13-16)17-8-9-19-22(28-17)24(32-31-19)25-29-18-10-11-26-23(21(18)30-25)20-7-4-12-33-20/h3-14,27H,1-2H3,(H,29,30)(H,31,32). The van der Waals surface area contributed by atoms with E-state index in [-0.39, 0.29) is 0 Å². The number of hydrogen-bond donors (Lipinski definition) is 3. The number of aromatic amines is 2. The Morgan fingerprint density at radius 1 is 0.909 bits per heavy atom.